The van der Waals surface area contributed by atoms with Crippen molar-refractivity contribution in [2.75, 3.05) is 5.32 Å². The van der Waals surface area contributed by atoms with Crippen LogP contribution >= 0.6 is 11.6 Å². The van der Waals surface area contributed by atoms with Crippen LogP contribution in [-0.2, 0) is 4.74 Å². The van der Waals surface area contributed by atoms with E-state index in [-0.39, 0.29) is 11.9 Å². The number of pyridine rings is 1. The molecule has 4 nitrogen and oxygen atoms in total. The van der Waals surface area contributed by atoms with Crippen molar-refractivity contribution in [2.24, 2.45) is 11.8 Å². The molecule has 2 aliphatic rings. The predicted octanol–water partition coefficient (Wildman–Crippen LogP) is 6.55. The normalized spacial score (nSPS) is 25.3. The van der Waals surface area contributed by atoms with Gasteiger partial charge in [0.05, 0.1) is 5.52 Å². The third-order valence-corrected chi connectivity index (χ3v) is 6.77. The summed E-state index contributed by atoms with van der Waals surface area (Å²) in [4.78, 5) is 16.6. The maximum atomic E-state index is 13.8. The van der Waals surface area contributed by atoms with Crippen molar-refractivity contribution in [3.63, 3.8) is 0 Å². The maximum absolute atomic E-state index is 13.8. The second-order valence-corrected chi connectivity index (χ2v) is 8.82. The van der Waals surface area contributed by atoms with E-state index in [2.05, 4.69) is 10.3 Å². The van der Waals surface area contributed by atoms with Crippen LogP contribution in [0.5, 0.6) is 0 Å². The van der Waals surface area contributed by atoms with Crippen molar-refractivity contribution in [3.8, 4) is 0 Å². The van der Waals surface area contributed by atoms with E-state index in [9.17, 15) is 9.18 Å². The van der Waals surface area contributed by atoms with Gasteiger partial charge in [0.25, 0.3) is 0 Å². The number of aromatic nitrogens is 1. The summed E-state index contributed by atoms with van der Waals surface area (Å²) in [5.41, 5.74) is 2.69. The number of ether oxygens (including phenoxy) is 1. The fraction of sp³-hybridized carbons (Fsp3) is 0.333. The minimum atomic E-state index is -0.422. The average Bonchev–Trinajstić information content (AvgIpc) is 3.27. The van der Waals surface area contributed by atoms with Crippen LogP contribution in [0.2, 0.25) is 5.02 Å². The molecule has 2 aliphatic carbocycles. The number of hydrogen-bond donors (Lipinski definition) is 1. The average molecular weight is 425 g/mol. The summed E-state index contributed by atoms with van der Waals surface area (Å²) < 4.78 is 19.5. The number of rotatable bonds is 3. The van der Waals surface area contributed by atoms with E-state index < -0.39 is 6.09 Å². The maximum Gasteiger partial charge on any atom is 0.411 e. The first kappa shape index (κ1) is 19.3. The molecule has 5 rings (SSSR count). The summed E-state index contributed by atoms with van der Waals surface area (Å²) in [5, 5.41) is 4.30. The molecule has 30 heavy (non-hydrogen) atoms. The monoisotopic (exact) mass is 424 g/mol. The second kappa shape index (κ2) is 7.88. The van der Waals surface area contributed by atoms with Crippen LogP contribution in [-0.4, -0.2) is 17.2 Å². The van der Waals surface area contributed by atoms with Crippen molar-refractivity contribution >= 4 is 34.3 Å². The van der Waals surface area contributed by atoms with Crippen molar-refractivity contribution in [1.29, 1.82) is 0 Å². The minimum absolute atomic E-state index is 0.0557. The van der Waals surface area contributed by atoms with Crippen LogP contribution in [0.1, 0.15) is 37.2 Å². The molecule has 154 valence electrons. The lowest BCUT2D eigenvalue weighted by Gasteiger charge is -2.17. The first-order valence-electron chi connectivity index (χ1n) is 10.3. The summed E-state index contributed by atoms with van der Waals surface area (Å²) in [6, 6.07) is 13.8. The zero-order valence-corrected chi connectivity index (χ0v) is 17.1. The fourth-order valence-electron chi connectivity index (χ4n) is 5.24. The molecule has 0 radical (unpaired) electrons. The molecule has 1 aromatic heterocycles. The van der Waals surface area contributed by atoms with E-state index in [1.54, 1.807) is 36.4 Å². The quantitative estimate of drug-likeness (QED) is 0.518. The van der Waals surface area contributed by atoms with Crippen LogP contribution in [0.15, 0.2) is 54.7 Å². The molecular formula is C24H22ClFN2O2. The molecule has 0 aliphatic heterocycles. The van der Waals surface area contributed by atoms with Crippen molar-refractivity contribution in [3.05, 3.63) is 71.1 Å². The fourth-order valence-corrected chi connectivity index (χ4v) is 5.36. The van der Waals surface area contributed by atoms with Gasteiger partial charge in [-0.25, -0.2) is 9.18 Å². The number of carbonyl (C=O) groups excluding carboxylic acids is 1. The molecule has 0 saturated heterocycles. The molecule has 1 amide bonds. The van der Waals surface area contributed by atoms with Gasteiger partial charge in [-0.2, -0.15) is 0 Å². The minimum Gasteiger partial charge on any atom is -0.446 e. The highest BCUT2D eigenvalue weighted by molar-refractivity contribution is 6.30. The van der Waals surface area contributed by atoms with Gasteiger partial charge in [0, 0.05) is 22.3 Å². The Morgan fingerprint density at radius 3 is 2.50 bits per heavy atom. The number of anilines is 1. The summed E-state index contributed by atoms with van der Waals surface area (Å²) >= 11 is 5.87. The molecular weight excluding hydrogens is 403 g/mol. The largest absolute Gasteiger partial charge is 0.446 e. The Bertz CT molecular complexity index is 1070. The number of nitrogens with one attached hydrogen (secondary N) is 1. The number of fused-ring (bicyclic) bond motifs is 2. The highest BCUT2D eigenvalue weighted by Crippen LogP contribution is 2.52. The lowest BCUT2D eigenvalue weighted by atomic mass is 9.92. The van der Waals surface area contributed by atoms with Crippen LogP contribution in [0, 0.1) is 17.7 Å². The van der Waals surface area contributed by atoms with Gasteiger partial charge < -0.3 is 4.74 Å². The predicted molar refractivity (Wildman–Crippen MR) is 115 cm³/mol. The standard InChI is InChI=1S/C24H22ClFN2O2/c25-17-1-4-19(5-2-17)28-24(29)30-20-11-14-9-16(10-15(14)12-20)21-7-8-27-23-6-3-18(26)13-22(21)23/h1-8,13-16,20H,9-12H2,(H,28,29)/t14-,15?,16?,20?/m1/s1. The summed E-state index contributed by atoms with van der Waals surface area (Å²) in [6.45, 7) is 0. The first-order chi connectivity index (χ1) is 14.5. The SMILES string of the molecule is O=C(Nc1ccc(Cl)cc1)OC1CC2CC(c3ccnc4ccc(F)cc34)C[C@@H]2C1. The molecule has 0 spiro atoms. The molecule has 0 bridgehead atoms. The summed E-state index contributed by atoms with van der Waals surface area (Å²) in [5.74, 6) is 1.23. The smallest absolute Gasteiger partial charge is 0.411 e. The van der Waals surface area contributed by atoms with Crippen molar-refractivity contribution in [1.82, 2.24) is 4.98 Å². The number of carbonyl (C=O) groups is 1. The Morgan fingerprint density at radius 1 is 1.03 bits per heavy atom. The van der Waals surface area contributed by atoms with Gasteiger partial charge in [-0.1, -0.05) is 11.6 Å². The van der Waals surface area contributed by atoms with Gasteiger partial charge in [-0.05, 0) is 97.5 Å². The van der Waals surface area contributed by atoms with Gasteiger partial charge >= 0.3 is 6.09 Å². The second-order valence-electron chi connectivity index (χ2n) is 8.38. The highest BCUT2D eigenvalue weighted by atomic mass is 35.5. The lowest BCUT2D eigenvalue weighted by molar-refractivity contribution is 0.109. The molecule has 2 aromatic carbocycles. The van der Waals surface area contributed by atoms with Crippen LogP contribution in [0.3, 0.4) is 0 Å². The summed E-state index contributed by atoms with van der Waals surface area (Å²) in [7, 11) is 0. The number of nitrogens with zero attached hydrogens (tertiary/aromatic N) is 1. The Morgan fingerprint density at radius 2 is 1.77 bits per heavy atom. The number of halogens is 2. The lowest BCUT2D eigenvalue weighted by Crippen LogP contribution is -2.21. The van der Waals surface area contributed by atoms with E-state index in [1.807, 2.05) is 12.3 Å². The molecule has 3 aromatic rings. The topological polar surface area (TPSA) is 51.2 Å². The number of amides is 1. The zero-order valence-electron chi connectivity index (χ0n) is 16.4. The Kier molecular flexibility index (Phi) is 5.07. The van der Waals surface area contributed by atoms with E-state index in [0.29, 0.717) is 28.5 Å². The van der Waals surface area contributed by atoms with Gasteiger partial charge in [0.1, 0.15) is 11.9 Å². The number of benzene rings is 2. The zero-order chi connectivity index (χ0) is 20.7. The van der Waals surface area contributed by atoms with E-state index in [0.717, 1.165) is 36.6 Å². The van der Waals surface area contributed by atoms with Crippen LogP contribution in [0.25, 0.3) is 10.9 Å². The third kappa shape index (κ3) is 3.86. The Hall–Kier alpha value is -2.66. The number of hydrogen-bond acceptors (Lipinski definition) is 3. The Balaban J connectivity index is 1.21. The molecule has 1 heterocycles. The van der Waals surface area contributed by atoms with Crippen molar-refractivity contribution in [2.45, 2.75) is 37.7 Å². The van der Waals surface area contributed by atoms with E-state index >= 15 is 0 Å². The van der Waals surface area contributed by atoms with Gasteiger partial charge in [-0.3, -0.25) is 10.3 Å². The van der Waals surface area contributed by atoms with Gasteiger partial charge in [0.2, 0.25) is 0 Å². The summed E-state index contributed by atoms with van der Waals surface area (Å²) in [6.07, 6.45) is 5.18. The van der Waals surface area contributed by atoms with Crippen LogP contribution in [0.4, 0.5) is 14.9 Å². The van der Waals surface area contributed by atoms with Crippen LogP contribution < -0.4 is 5.32 Å². The first-order valence-corrected chi connectivity index (χ1v) is 10.7. The molecule has 3 unspecified atom stereocenters. The third-order valence-electron chi connectivity index (χ3n) is 6.51. The van der Waals surface area contributed by atoms with Crippen molar-refractivity contribution < 1.29 is 13.9 Å². The molecule has 4 atom stereocenters. The van der Waals surface area contributed by atoms with Gasteiger partial charge in [0.15, 0.2) is 0 Å². The molecule has 2 fully saturated rings. The molecule has 6 heteroatoms. The van der Waals surface area contributed by atoms with Gasteiger partial charge in [-0.15, -0.1) is 0 Å². The van der Waals surface area contributed by atoms with E-state index in [4.69, 9.17) is 16.3 Å². The highest BCUT2D eigenvalue weighted by Gasteiger charge is 2.43. The Labute approximate surface area is 179 Å². The molecule has 2 saturated carbocycles. The van der Waals surface area contributed by atoms with E-state index in [1.165, 1.54) is 11.6 Å². The molecule has 1 N–H and O–H groups in total.